The molecular weight excluding hydrogens is 364 g/mol. The molecule has 1 N–H and O–H groups in total. The summed E-state index contributed by atoms with van der Waals surface area (Å²) in [6, 6.07) is 9.48. The zero-order valence-electron chi connectivity index (χ0n) is 16.4. The molecule has 3 amide bonds. The molecule has 1 saturated heterocycles. The molecule has 29 heavy (non-hydrogen) atoms. The molecule has 6 atom stereocenters. The van der Waals surface area contributed by atoms with Crippen LogP contribution < -0.4 is 5.32 Å². The molecule has 5 heteroatoms. The minimum Gasteiger partial charge on any atom is -0.326 e. The lowest BCUT2D eigenvalue weighted by Crippen LogP contribution is -2.44. The topological polar surface area (TPSA) is 66.5 Å². The van der Waals surface area contributed by atoms with Gasteiger partial charge < -0.3 is 5.32 Å². The van der Waals surface area contributed by atoms with Crippen molar-refractivity contribution in [3.8, 4) is 0 Å². The monoisotopic (exact) mass is 390 g/mol. The summed E-state index contributed by atoms with van der Waals surface area (Å²) in [5.41, 5.74) is 0.815. The normalized spacial score (nSPS) is 41.9. The van der Waals surface area contributed by atoms with E-state index in [1.165, 1.54) is 6.42 Å². The molecule has 6 aliphatic rings. The molecule has 1 aromatic carbocycles. The molecule has 1 heterocycles. The van der Waals surface area contributed by atoms with E-state index in [0.717, 1.165) is 31.4 Å². The number of hydrogen-bond acceptors (Lipinski definition) is 3. The Kier molecular flexibility index (Phi) is 3.78. The maximum atomic E-state index is 13.3. The molecule has 7 rings (SSSR count). The Morgan fingerprint density at radius 3 is 2.03 bits per heavy atom. The fourth-order valence-electron chi connectivity index (χ4n) is 6.70. The van der Waals surface area contributed by atoms with Gasteiger partial charge in [0, 0.05) is 17.6 Å². The molecule has 6 unspecified atom stereocenters. The van der Waals surface area contributed by atoms with Crippen molar-refractivity contribution in [1.29, 1.82) is 0 Å². The maximum absolute atomic E-state index is 13.3. The molecule has 150 valence electrons. The predicted octanol–water partition coefficient (Wildman–Crippen LogP) is 3.24. The average molecular weight is 390 g/mol. The molecule has 5 nitrogen and oxygen atoms in total. The summed E-state index contributed by atoms with van der Waals surface area (Å²) in [7, 11) is 0. The van der Waals surface area contributed by atoms with Crippen molar-refractivity contribution in [3.63, 3.8) is 0 Å². The number of hydrogen-bond donors (Lipinski definition) is 1. The third-order valence-electron chi connectivity index (χ3n) is 8.17. The lowest BCUT2D eigenvalue weighted by molar-refractivity contribution is -0.144. The first-order chi connectivity index (χ1) is 14.1. The van der Waals surface area contributed by atoms with Gasteiger partial charge in [-0.05, 0) is 67.9 Å². The minimum atomic E-state index is -0.111. The van der Waals surface area contributed by atoms with E-state index in [1.807, 2.05) is 30.3 Å². The van der Waals surface area contributed by atoms with E-state index >= 15 is 0 Å². The van der Waals surface area contributed by atoms with Gasteiger partial charge in [-0.3, -0.25) is 19.3 Å². The molecule has 3 saturated carbocycles. The zero-order valence-corrected chi connectivity index (χ0v) is 16.4. The number of carbonyl (C=O) groups excluding carboxylic acids is 3. The van der Waals surface area contributed by atoms with E-state index in [9.17, 15) is 14.4 Å². The van der Waals surface area contributed by atoms with Gasteiger partial charge in [0.1, 0.15) is 0 Å². The van der Waals surface area contributed by atoms with Crippen LogP contribution >= 0.6 is 0 Å². The molecular formula is C24H26N2O3. The number of para-hydroxylation sites is 1. The molecule has 5 aliphatic carbocycles. The van der Waals surface area contributed by atoms with Gasteiger partial charge in [0.05, 0.1) is 11.8 Å². The highest BCUT2D eigenvalue weighted by molar-refractivity contribution is 6.06. The number of amides is 3. The first-order valence-corrected chi connectivity index (χ1v) is 11.0. The number of rotatable bonds is 3. The Morgan fingerprint density at radius 2 is 1.45 bits per heavy atom. The van der Waals surface area contributed by atoms with Gasteiger partial charge in [0.15, 0.2) is 0 Å². The van der Waals surface area contributed by atoms with E-state index in [1.54, 1.807) is 4.90 Å². The van der Waals surface area contributed by atoms with Crippen LogP contribution in [0.5, 0.6) is 0 Å². The molecule has 2 bridgehead atoms. The van der Waals surface area contributed by atoms with Crippen LogP contribution in [0.3, 0.4) is 0 Å². The Labute approximate surface area is 170 Å². The standard InChI is InChI=1S/C24H26N2O3/c27-22(25-14-4-2-1-3-5-14)13-6-8-15(9-7-13)26-23(28)20-16-10-11-17(19-12-18(16)19)21(20)24(26)29/h1-5,10-11,13,15-21H,6-9,12H2,(H,25,27). The van der Waals surface area contributed by atoms with Crippen LogP contribution in [-0.2, 0) is 14.4 Å². The van der Waals surface area contributed by atoms with E-state index < -0.39 is 0 Å². The number of likely N-dealkylation sites (tertiary alicyclic amines) is 1. The highest BCUT2D eigenvalue weighted by Crippen LogP contribution is 2.65. The van der Waals surface area contributed by atoms with Gasteiger partial charge in [-0.1, -0.05) is 30.4 Å². The number of benzene rings is 1. The first kappa shape index (κ1) is 17.4. The van der Waals surface area contributed by atoms with Crippen molar-refractivity contribution >= 4 is 23.4 Å². The van der Waals surface area contributed by atoms with Crippen molar-refractivity contribution in [1.82, 2.24) is 4.90 Å². The second-order valence-corrected chi connectivity index (χ2v) is 9.56. The van der Waals surface area contributed by atoms with E-state index in [0.29, 0.717) is 11.8 Å². The van der Waals surface area contributed by atoms with Gasteiger partial charge in [-0.15, -0.1) is 0 Å². The van der Waals surface area contributed by atoms with Crippen LogP contribution in [0.15, 0.2) is 42.5 Å². The highest BCUT2D eigenvalue weighted by Gasteiger charge is 2.67. The van der Waals surface area contributed by atoms with Gasteiger partial charge in [0.25, 0.3) is 0 Å². The number of allylic oxidation sites excluding steroid dienone is 2. The van der Waals surface area contributed by atoms with Crippen molar-refractivity contribution in [3.05, 3.63) is 42.5 Å². The predicted molar refractivity (Wildman–Crippen MR) is 107 cm³/mol. The van der Waals surface area contributed by atoms with Crippen LogP contribution in [0, 0.1) is 41.4 Å². The largest absolute Gasteiger partial charge is 0.326 e. The maximum Gasteiger partial charge on any atom is 0.233 e. The quantitative estimate of drug-likeness (QED) is 0.636. The van der Waals surface area contributed by atoms with Gasteiger partial charge in [-0.25, -0.2) is 0 Å². The average Bonchev–Trinajstić information content (AvgIpc) is 3.53. The lowest BCUT2D eigenvalue weighted by Gasteiger charge is -2.37. The van der Waals surface area contributed by atoms with Crippen molar-refractivity contribution in [2.45, 2.75) is 38.1 Å². The summed E-state index contributed by atoms with van der Waals surface area (Å²) in [5.74, 6) is 1.76. The SMILES string of the molecule is O=C(Nc1ccccc1)C1CCC(N2C(=O)C3C4C=CC(C5CC45)C3C2=O)CC1. The Hall–Kier alpha value is -2.43. The number of nitrogens with zero attached hydrogens (tertiary/aromatic N) is 1. The van der Waals surface area contributed by atoms with Crippen LogP contribution in [-0.4, -0.2) is 28.7 Å². The Bertz CT molecular complexity index is 866. The third-order valence-corrected chi connectivity index (χ3v) is 8.17. The zero-order chi connectivity index (χ0) is 19.7. The summed E-state index contributed by atoms with van der Waals surface area (Å²) >= 11 is 0. The van der Waals surface area contributed by atoms with Crippen molar-refractivity contribution in [2.75, 3.05) is 5.32 Å². The first-order valence-electron chi connectivity index (χ1n) is 11.0. The summed E-state index contributed by atoms with van der Waals surface area (Å²) in [4.78, 5) is 40.7. The van der Waals surface area contributed by atoms with Gasteiger partial charge >= 0.3 is 0 Å². The summed E-state index contributed by atoms with van der Waals surface area (Å²) in [5, 5.41) is 2.99. The van der Waals surface area contributed by atoms with Crippen LogP contribution in [0.2, 0.25) is 0 Å². The fraction of sp³-hybridized carbons (Fsp3) is 0.542. The van der Waals surface area contributed by atoms with E-state index in [2.05, 4.69) is 17.5 Å². The number of nitrogens with one attached hydrogen (secondary N) is 1. The summed E-state index contributed by atoms with van der Waals surface area (Å²) in [6.45, 7) is 0. The Morgan fingerprint density at radius 1 is 0.862 bits per heavy atom. The van der Waals surface area contributed by atoms with Crippen LogP contribution in [0.25, 0.3) is 0 Å². The molecule has 0 aromatic heterocycles. The van der Waals surface area contributed by atoms with Crippen molar-refractivity contribution in [2.24, 2.45) is 41.4 Å². The third kappa shape index (κ3) is 2.55. The second-order valence-electron chi connectivity index (χ2n) is 9.56. The number of carbonyl (C=O) groups is 3. The Balaban J connectivity index is 1.12. The molecule has 1 aromatic rings. The van der Waals surface area contributed by atoms with Crippen molar-refractivity contribution < 1.29 is 14.4 Å². The molecule has 0 radical (unpaired) electrons. The van der Waals surface area contributed by atoms with Crippen LogP contribution in [0.4, 0.5) is 5.69 Å². The number of imide groups is 1. The van der Waals surface area contributed by atoms with Crippen LogP contribution in [0.1, 0.15) is 32.1 Å². The molecule has 0 spiro atoms. The second kappa shape index (κ2) is 6.28. The van der Waals surface area contributed by atoms with E-state index in [-0.39, 0.29) is 53.4 Å². The highest BCUT2D eigenvalue weighted by atomic mass is 16.2. The summed E-state index contributed by atoms with van der Waals surface area (Å²) in [6.07, 6.45) is 8.56. The lowest BCUT2D eigenvalue weighted by atomic mass is 9.63. The van der Waals surface area contributed by atoms with Gasteiger partial charge in [-0.2, -0.15) is 0 Å². The molecule has 1 aliphatic heterocycles. The smallest absolute Gasteiger partial charge is 0.233 e. The summed E-state index contributed by atoms with van der Waals surface area (Å²) < 4.78 is 0. The number of anilines is 1. The van der Waals surface area contributed by atoms with E-state index in [4.69, 9.17) is 0 Å². The fourth-order valence-corrected chi connectivity index (χ4v) is 6.70. The van der Waals surface area contributed by atoms with Gasteiger partial charge in [0.2, 0.25) is 17.7 Å². The molecule has 4 fully saturated rings. The minimum absolute atomic E-state index is 0.0305.